The Morgan fingerprint density at radius 3 is 2.75 bits per heavy atom. The molecule has 0 bridgehead atoms. The van der Waals surface area contributed by atoms with Crippen molar-refractivity contribution >= 4 is 0 Å². The van der Waals surface area contributed by atoms with Gasteiger partial charge in [0.1, 0.15) is 0 Å². The fourth-order valence-corrected chi connectivity index (χ4v) is 1.81. The fraction of sp³-hybridized carbons (Fsp3) is 1.00. The fourth-order valence-electron chi connectivity index (χ4n) is 1.81. The van der Waals surface area contributed by atoms with E-state index in [0.29, 0.717) is 0 Å². The Morgan fingerprint density at radius 2 is 2.00 bits per heavy atom. The van der Waals surface area contributed by atoms with Gasteiger partial charge >= 0.3 is 0 Å². The van der Waals surface area contributed by atoms with Crippen molar-refractivity contribution in [2.24, 2.45) is 5.92 Å². The third-order valence-electron chi connectivity index (χ3n) is 2.83. The lowest BCUT2D eigenvalue weighted by atomic mass is 10.0. The SMILES string of the molecule is COCCCOCCNCC1CCOCC1. The van der Waals surface area contributed by atoms with Crippen LogP contribution in [0.2, 0.25) is 0 Å². The summed E-state index contributed by atoms with van der Waals surface area (Å²) in [5.41, 5.74) is 0. The molecule has 4 nitrogen and oxygen atoms in total. The summed E-state index contributed by atoms with van der Waals surface area (Å²) in [5, 5.41) is 3.43. The lowest BCUT2D eigenvalue weighted by molar-refractivity contribution is 0.0646. The highest BCUT2D eigenvalue weighted by Gasteiger charge is 2.12. The summed E-state index contributed by atoms with van der Waals surface area (Å²) in [6, 6.07) is 0. The van der Waals surface area contributed by atoms with E-state index in [1.54, 1.807) is 7.11 Å². The average Bonchev–Trinajstić information content (AvgIpc) is 2.34. The molecule has 1 N–H and O–H groups in total. The van der Waals surface area contributed by atoms with Gasteiger partial charge in [-0.25, -0.2) is 0 Å². The van der Waals surface area contributed by atoms with Crippen LogP contribution < -0.4 is 5.32 Å². The summed E-state index contributed by atoms with van der Waals surface area (Å²) in [4.78, 5) is 0. The zero-order chi connectivity index (χ0) is 11.5. The lowest BCUT2D eigenvalue weighted by Crippen LogP contribution is -2.30. The first-order valence-electron chi connectivity index (χ1n) is 6.28. The van der Waals surface area contributed by atoms with Crippen LogP contribution in [-0.2, 0) is 14.2 Å². The molecule has 0 aromatic heterocycles. The molecule has 0 spiro atoms. The van der Waals surface area contributed by atoms with Crippen molar-refractivity contribution < 1.29 is 14.2 Å². The second-order valence-corrected chi connectivity index (χ2v) is 4.22. The van der Waals surface area contributed by atoms with Crippen LogP contribution in [0.25, 0.3) is 0 Å². The number of nitrogens with one attached hydrogen (secondary N) is 1. The van der Waals surface area contributed by atoms with Gasteiger partial charge in [-0.3, -0.25) is 0 Å². The Bertz CT molecular complexity index is 149. The van der Waals surface area contributed by atoms with Gasteiger partial charge in [-0.05, 0) is 31.7 Å². The zero-order valence-corrected chi connectivity index (χ0v) is 10.4. The van der Waals surface area contributed by atoms with E-state index in [1.165, 1.54) is 12.8 Å². The van der Waals surface area contributed by atoms with E-state index in [-0.39, 0.29) is 0 Å². The van der Waals surface area contributed by atoms with Crippen molar-refractivity contribution in [3.63, 3.8) is 0 Å². The molecule has 1 aliphatic heterocycles. The van der Waals surface area contributed by atoms with E-state index in [4.69, 9.17) is 14.2 Å². The molecule has 0 saturated carbocycles. The molecule has 0 radical (unpaired) electrons. The maximum absolute atomic E-state index is 5.46. The third-order valence-corrected chi connectivity index (χ3v) is 2.83. The molecule has 96 valence electrons. The van der Waals surface area contributed by atoms with Crippen LogP contribution in [0.1, 0.15) is 19.3 Å². The van der Waals surface area contributed by atoms with Gasteiger partial charge in [0.25, 0.3) is 0 Å². The standard InChI is InChI=1S/C12H25NO3/c1-14-6-2-7-15-10-5-13-11-12-3-8-16-9-4-12/h12-13H,2-11H2,1H3. The number of hydrogen-bond acceptors (Lipinski definition) is 4. The summed E-state index contributed by atoms with van der Waals surface area (Å²) in [6.45, 7) is 6.30. The summed E-state index contributed by atoms with van der Waals surface area (Å²) in [7, 11) is 1.72. The van der Waals surface area contributed by atoms with Gasteiger partial charge in [-0.15, -0.1) is 0 Å². The van der Waals surface area contributed by atoms with Crippen molar-refractivity contribution in [1.82, 2.24) is 5.32 Å². The Balaban J connectivity index is 1.77. The van der Waals surface area contributed by atoms with Crippen LogP contribution in [0.3, 0.4) is 0 Å². The van der Waals surface area contributed by atoms with Crippen LogP contribution in [-0.4, -0.2) is 53.2 Å². The molecular weight excluding hydrogens is 206 g/mol. The van der Waals surface area contributed by atoms with Crippen molar-refractivity contribution in [3.05, 3.63) is 0 Å². The van der Waals surface area contributed by atoms with Gasteiger partial charge in [-0.1, -0.05) is 0 Å². The molecule has 1 aliphatic rings. The molecule has 0 aromatic carbocycles. The van der Waals surface area contributed by atoms with Crippen LogP contribution in [0, 0.1) is 5.92 Å². The highest BCUT2D eigenvalue weighted by atomic mass is 16.5. The van der Waals surface area contributed by atoms with E-state index < -0.39 is 0 Å². The first kappa shape index (κ1) is 13.9. The predicted molar refractivity (Wildman–Crippen MR) is 63.7 cm³/mol. The molecular formula is C12H25NO3. The van der Waals surface area contributed by atoms with Crippen LogP contribution >= 0.6 is 0 Å². The van der Waals surface area contributed by atoms with Gasteiger partial charge in [0.05, 0.1) is 6.61 Å². The molecule has 0 unspecified atom stereocenters. The minimum Gasteiger partial charge on any atom is -0.385 e. The minimum atomic E-state index is 0.787. The van der Waals surface area contributed by atoms with E-state index in [1.807, 2.05) is 0 Å². The van der Waals surface area contributed by atoms with Crippen molar-refractivity contribution in [2.45, 2.75) is 19.3 Å². The predicted octanol–water partition coefficient (Wildman–Crippen LogP) is 1.06. The van der Waals surface area contributed by atoms with Crippen LogP contribution in [0.5, 0.6) is 0 Å². The second kappa shape index (κ2) is 10.0. The molecule has 1 rings (SSSR count). The summed E-state index contributed by atoms with van der Waals surface area (Å²) >= 11 is 0. The topological polar surface area (TPSA) is 39.7 Å². The lowest BCUT2D eigenvalue weighted by Gasteiger charge is -2.22. The third kappa shape index (κ3) is 7.17. The quantitative estimate of drug-likeness (QED) is 0.602. The highest BCUT2D eigenvalue weighted by Crippen LogP contribution is 2.12. The maximum atomic E-state index is 5.46. The molecule has 0 aliphatic carbocycles. The second-order valence-electron chi connectivity index (χ2n) is 4.22. The zero-order valence-electron chi connectivity index (χ0n) is 10.4. The van der Waals surface area contributed by atoms with Crippen LogP contribution in [0.4, 0.5) is 0 Å². The Morgan fingerprint density at radius 1 is 1.19 bits per heavy atom. The van der Waals surface area contributed by atoms with E-state index >= 15 is 0 Å². The number of hydrogen-bond donors (Lipinski definition) is 1. The minimum absolute atomic E-state index is 0.787. The smallest absolute Gasteiger partial charge is 0.0590 e. The van der Waals surface area contributed by atoms with Crippen molar-refractivity contribution in [3.8, 4) is 0 Å². The first-order chi connectivity index (χ1) is 7.93. The molecule has 0 aromatic rings. The van der Waals surface area contributed by atoms with Crippen molar-refractivity contribution in [1.29, 1.82) is 0 Å². The molecule has 0 atom stereocenters. The van der Waals surface area contributed by atoms with Gasteiger partial charge in [0.15, 0.2) is 0 Å². The number of ether oxygens (including phenoxy) is 3. The van der Waals surface area contributed by atoms with Crippen LogP contribution in [0.15, 0.2) is 0 Å². The van der Waals surface area contributed by atoms with E-state index in [0.717, 1.165) is 58.5 Å². The molecule has 1 fully saturated rings. The Kier molecular flexibility index (Phi) is 8.71. The average molecular weight is 231 g/mol. The molecule has 1 heterocycles. The van der Waals surface area contributed by atoms with E-state index in [2.05, 4.69) is 5.32 Å². The van der Waals surface area contributed by atoms with Gasteiger partial charge in [0.2, 0.25) is 0 Å². The Labute approximate surface area is 98.6 Å². The van der Waals surface area contributed by atoms with Gasteiger partial charge in [0, 0.05) is 40.1 Å². The first-order valence-corrected chi connectivity index (χ1v) is 6.28. The van der Waals surface area contributed by atoms with Crippen molar-refractivity contribution in [2.75, 3.05) is 53.2 Å². The number of rotatable bonds is 9. The largest absolute Gasteiger partial charge is 0.385 e. The van der Waals surface area contributed by atoms with E-state index in [9.17, 15) is 0 Å². The number of methoxy groups -OCH3 is 1. The molecule has 4 heteroatoms. The van der Waals surface area contributed by atoms with Gasteiger partial charge < -0.3 is 19.5 Å². The summed E-state index contributed by atoms with van der Waals surface area (Å²) < 4.78 is 15.7. The molecule has 16 heavy (non-hydrogen) atoms. The molecule has 0 amide bonds. The van der Waals surface area contributed by atoms with Gasteiger partial charge in [-0.2, -0.15) is 0 Å². The highest BCUT2D eigenvalue weighted by molar-refractivity contribution is 4.65. The summed E-state index contributed by atoms with van der Waals surface area (Å²) in [5.74, 6) is 0.794. The monoisotopic (exact) mass is 231 g/mol. The summed E-state index contributed by atoms with van der Waals surface area (Å²) in [6.07, 6.45) is 3.37. The molecule has 1 saturated heterocycles. The maximum Gasteiger partial charge on any atom is 0.0590 e. The Hall–Kier alpha value is -0.160. The normalized spacial score (nSPS) is 17.8.